The Labute approximate surface area is 132 Å². The van der Waals surface area contributed by atoms with E-state index >= 15 is 0 Å². The lowest BCUT2D eigenvalue weighted by Gasteiger charge is -2.21. The second kappa shape index (κ2) is 7.14. The molecule has 0 saturated carbocycles. The molecule has 0 saturated heterocycles. The first kappa shape index (κ1) is 16.1. The number of nitrogens with one attached hydrogen (secondary N) is 1. The third-order valence-corrected chi connectivity index (χ3v) is 3.88. The van der Waals surface area contributed by atoms with E-state index in [9.17, 15) is 8.78 Å². The Morgan fingerprint density at radius 3 is 2.48 bits per heavy atom. The van der Waals surface area contributed by atoms with E-state index in [1.807, 2.05) is 6.07 Å². The minimum Gasteiger partial charge on any atom is -0.306 e. The van der Waals surface area contributed by atoms with Gasteiger partial charge in [0.15, 0.2) is 0 Å². The van der Waals surface area contributed by atoms with Crippen molar-refractivity contribution in [1.29, 1.82) is 0 Å². The molecule has 0 heterocycles. The Morgan fingerprint density at radius 1 is 1.10 bits per heavy atom. The van der Waals surface area contributed by atoms with Crippen LogP contribution >= 0.6 is 15.9 Å². The first-order chi connectivity index (χ1) is 10.0. The number of benzene rings is 2. The number of hydrogen-bond acceptors (Lipinski definition) is 1. The predicted molar refractivity (Wildman–Crippen MR) is 85.4 cm³/mol. The van der Waals surface area contributed by atoms with Crippen molar-refractivity contribution in [3.05, 3.63) is 69.2 Å². The largest absolute Gasteiger partial charge is 0.306 e. The minimum atomic E-state index is -0.280. The molecule has 4 heteroatoms. The van der Waals surface area contributed by atoms with E-state index in [1.165, 1.54) is 12.1 Å². The summed E-state index contributed by atoms with van der Waals surface area (Å²) >= 11 is 3.27. The Kier molecular flexibility index (Phi) is 5.48. The molecule has 0 bridgehead atoms. The molecule has 2 aromatic rings. The van der Waals surface area contributed by atoms with Crippen LogP contribution < -0.4 is 5.32 Å². The summed E-state index contributed by atoms with van der Waals surface area (Å²) in [7, 11) is 0. The SMILES string of the molecule is CCCNC(c1ccc(F)c(C)c1)c1ccc(Br)cc1F. The van der Waals surface area contributed by atoms with Gasteiger partial charge in [-0.2, -0.15) is 0 Å². The molecule has 0 aliphatic heterocycles. The number of halogens is 3. The van der Waals surface area contributed by atoms with Gasteiger partial charge in [0, 0.05) is 10.0 Å². The van der Waals surface area contributed by atoms with E-state index in [-0.39, 0.29) is 17.7 Å². The fourth-order valence-electron chi connectivity index (χ4n) is 2.28. The van der Waals surface area contributed by atoms with Crippen LogP contribution in [0.3, 0.4) is 0 Å². The first-order valence-electron chi connectivity index (χ1n) is 6.97. The molecular weight excluding hydrogens is 336 g/mol. The van der Waals surface area contributed by atoms with E-state index in [0.717, 1.165) is 18.5 Å². The molecule has 1 N–H and O–H groups in total. The second-order valence-electron chi connectivity index (χ2n) is 5.06. The Balaban J connectivity index is 2.44. The Hall–Kier alpha value is -1.26. The lowest BCUT2D eigenvalue weighted by atomic mass is 9.96. The normalized spacial score (nSPS) is 12.4. The predicted octanol–water partition coefficient (Wildman–Crippen LogP) is 5.12. The average molecular weight is 354 g/mol. The third kappa shape index (κ3) is 3.89. The quantitative estimate of drug-likeness (QED) is 0.785. The molecule has 0 radical (unpaired) electrons. The van der Waals surface area contributed by atoms with E-state index in [2.05, 4.69) is 28.2 Å². The van der Waals surface area contributed by atoms with Gasteiger partial charge in [0.05, 0.1) is 6.04 Å². The van der Waals surface area contributed by atoms with Crippen molar-refractivity contribution < 1.29 is 8.78 Å². The van der Waals surface area contributed by atoms with Crippen LogP contribution in [-0.2, 0) is 0 Å². The second-order valence-corrected chi connectivity index (χ2v) is 5.98. The molecule has 1 atom stereocenters. The number of rotatable bonds is 5. The summed E-state index contributed by atoms with van der Waals surface area (Å²) in [6.45, 7) is 4.53. The van der Waals surface area contributed by atoms with Gasteiger partial charge in [-0.25, -0.2) is 8.78 Å². The van der Waals surface area contributed by atoms with Gasteiger partial charge in [0.1, 0.15) is 11.6 Å². The zero-order chi connectivity index (χ0) is 15.4. The molecule has 0 aliphatic rings. The van der Waals surface area contributed by atoms with E-state index < -0.39 is 0 Å². The van der Waals surface area contributed by atoms with Gasteiger partial charge in [0.2, 0.25) is 0 Å². The molecule has 112 valence electrons. The standard InChI is InChI=1S/C17H18BrF2N/c1-3-8-21-17(12-4-7-15(19)11(2)9-12)14-6-5-13(18)10-16(14)20/h4-7,9-10,17,21H,3,8H2,1-2H3. The molecule has 2 rings (SSSR count). The molecule has 0 aromatic heterocycles. The number of aryl methyl sites for hydroxylation is 1. The maximum Gasteiger partial charge on any atom is 0.129 e. The Morgan fingerprint density at radius 2 is 1.86 bits per heavy atom. The van der Waals surface area contributed by atoms with Crippen LogP contribution in [0.1, 0.15) is 36.1 Å². The highest BCUT2D eigenvalue weighted by atomic mass is 79.9. The van der Waals surface area contributed by atoms with E-state index in [1.54, 1.807) is 25.1 Å². The smallest absolute Gasteiger partial charge is 0.129 e. The van der Waals surface area contributed by atoms with Crippen LogP contribution in [-0.4, -0.2) is 6.54 Å². The molecule has 2 aromatic carbocycles. The molecule has 0 fully saturated rings. The van der Waals surface area contributed by atoms with Crippen molar-refractivity contribution >= 4 is 15.9 Å². The fourth-order valence-corrected chi connectivity index (χ4v) is 2.61. The van der Waals surface area contributed by atoms with Crippen LogP contribution in [0.15, 0.2) is 40.9 Å². The van der Waals surface area contributed by atoms with Gasteiger partial charge >= 0.3 is 0 Å². The third-order valence-electron chi connectivity index (χ3n) is 3.39. The molecule has 21 heavy (non-hydrogen) atoms. The van der Waals surface area contributed by atoms with Crippen LogP contribution in [0, 0.1) is 18.6 Å². The summed E-state index contributed by atoms with van der Waals surface area (Å²) in [5, 5.41) is 3.33. The lowest BCUT2D eigenvalue weighted by Crippen LogP contribution is -2.24. The van der Waals surface area contributed by atoms with Crippen molar-refractivity contribution in [2.45, 2.75) is 26.3 Å². The summed E-state index contributed by atoms with van der Waals surface area (Å²) in [5.41, 5.74) is 1.99. The van der Waals surface area contributed by atoms with E-state index in [4.69, 9.17) is 0 Å². The highest BCUT2D eigenvalue weighted by Crippen LogP contribution is 2.27. The van der Waals surface area contributed by atoms with Gasteiger partial charge in [-0.15, -0.1) is 0 Å². The average Bonchev–Trinajstić information content (AvgIpc) is 2.44. The van der Waals surface area contributed by atoms with Gasteiger partial charge in [0.25, 0.3) is 0 Å². The van der Waals surface area contributed by atoms with Crippen LogP contribution in [0.2, 0.25) is 0 Å². The highest BCUT2D eigenvalue weighted by Gasteiger charge is 2.18. The summed E-state index contributed by atoms with van der Waals surface area (Å²) < 4.78 is 28.4. The van der Waals surface area contributed by atoms with E-state index in [0.29, 0.717) is 15.6 Å². The van der Waals surface area contributed by atoms with Crippen LogP contribution in [0.25, 0.3) is 0 Å². The molecule has 1 nitrogen and oxygen atoms in total. The first-order valence-corrected chi connectivity index (χ1v) is 7.76. The van der Waals surface area contributed by atoms with Gasteiger partial charge < -0.3 is 5.32 Å². The van der Waals surface area contributed by atoms with Crippen LogP contribution in [0.5, 0.6) is 0 Å². The Bertz CT molecular complexity index is 628. The summed E-state index contributed by atoms with van der Waals surface area (Å²) in [4.78, 5) is 0. The fraction of sp³-hybridized carbons (Fsp3) is 0.294. The molecule has 1 unspecified atom stereocenters. The maximum atomic E-state index is 14.2. The van der Waals surface area contributed by atoms with Gasteiger partial charge in [-0.05, 0) is 49.2 Å². The number of hydrogen-bond donors (Lipinski definition) is 1. The molecular formula is C17H18BrF2N. The highest BCUT2D eigenvalue weighted by molar-refractivity contribution is 9.10. The van der Waals surface area contributed by atoms with Crippen molar-refractivity contribution in [3.63, 3.8) is 0 Å². The van der Waals surface area contributed by atoms with Crippen molar-refractivity contribution in [3.8, 4) is 0 Å². The van der Waals surface area contributed by atoms with Crippen LogP contribution in [0.4, 0.5) is 8.78 Å². The monoisotopic (exact) mass is 353 g/mol. The van der Waals surface area contributed by atoms with Gasteiger partial charge in [-0.3, -0.25) is 0 Å². The minimum absolute atomic E-state index is 0.246. The molecule has 0 aliphatic carbocycles. The van der Waals surface area contributed by atoms with Crippen molar-refractivity contribution in [2.75, 3.05) is 6.54 Å². The van der Waals surface area contributed by atoms with Crippen molar-refractivity contribution in [2.24, 2.45) is 0 Å². The maximum absolute atomic E-state index is 14.2. The van der Waals surface area contributed by atoms with Gasteiger partial charge in [-0.1, -0.05) is 41.1 Å². The topological polar surface area (TPSA) is 12.0 Å². The lowest BCUT2D eigenvalue weighted by molar-refractivity contribution is 0.544. The summed E-state index contributed by atoms with van der Waals surface area (Å²) in [5.74, 6) is -0.524. The summed E-state index contributed by atoms with van der Waals surface area (Å²) in [6, 6.07) is 9.65. The molecule has 0 spiro atoms. The summed E-state index contributed by atoms with van der Waals surface area (Å²) in [6.07, 6.45) is 0.939. The molecule has 0 amide bonds. The zero-order valence-electron chi connectivity index (χ0n) is 12.1. The van der Waals surface area contributed by atoms with Crippen molar-refractivity contribution in [1.82, 2.24) is 5.32 Å². The zero-order valence-corrected chi connectivity index (χ0v) is 13.7.